The topological polar surface area (TPSA) is 50.3 Å². The Hall–Kier alpha value is -1.59. The smallest absolute Gasteiger partial charge is 0.263 e. The zero-order chi connectivity index (χ0) is 14.3. The number of benzene rings is 1. The summed E-state index contributed by atoms with van der Waals surface area (Å²) in [5.74, 6) is 0. The van der Waals surface area contributed by atoms with E-state index in [0.717, 1.165) is 11.3 Å². The maximum atomic E-state index is 12.8. The van der Waals surface area contributed by atoms with E-state index in [1.807, 2.05) is 31.2 Å². The number of halogens is 1. The van der Waals surface area contributed by atoms with Gasteiger partial charge in [-0.25, -0.2) is 8.42 Å². The minimum absolute atomic E-state index is 0.0465. The first-order valence-electron chi connectivity index (χ1n) is 6.23. The van der Waals surface area contributed by atoms with Crippen molar-refractivity contribution in [1.82, 2.24) is 4.98 Å². The summed E-state index contributed by atoms with van der Waals surface area (Å²) in [4.78, 5) is 3.92. The Bertz CT molecular complexity index is 761. The molecule has 0 bridgehead atoms. The molecule has 1 aliphatic heterocycles. The van der Waals surface area contributed by atoms with Gasteiger partial charge in [0.2, 0.25) is 0 Å². The molecule has 4 nitrogen and oxygen atoms in total. The minimum atomic E-state index is -3.69. The predicted molar refractivity (Wildman–Crippen MR) is 78.5 cm³/mol. The molecule has 2 heterocycles. The molecule has 6 heteroatoms. The molecular formula is C14H13ClN2O2S. The number of rotatable bonds is 2. The van der Waals surface area contributed by atoms with Crippen LogP contribution in [0, 0.1) is 0 Å². The van der Waals surface area contributed by atoms with Gasteiger partial charge in [0.15, 0.2) is 0 Å². The molecule has 1 unspecified atom stereocenters. The Balaban J connectivity index is 2.16. The van der Waals surface area contributed by atoms with E-state index in [-0.39, 0.29) is 16.0 Å². The Kier molecular flexibility index (Phi) is 3.18. The van der Waals surface area contributed by atoms with Crippen molar-refractivity contribution in [2.45, 2.75) is 24.3 Å². The predicted octanol–water partition coefficient (Wildman–Crippen LogP) is 2.87. The van der Waals surface area contributed by atoms with Gasteiger partial charge in [0.25, 0.3) is 10.0 Å². The SMILES string of the molecule is CC1Cc2ccccc2N1S(=O)(=O)c1cnccc1Cl. The standard InChI is InChI=1S/C14H13ClN2O2S/c1-10-8-11-4-2-3-5-13(11)17(10)20(18,19)14-9-16-7-6-12(14)15/h2-7,9-10H,8H2,1H3. The van der Waals surface area contributed by atoms with Crippen molar-refractivity contribution >= 4 is 27.3 Å². The van der Waals surface area contributed by atoms with Gasteiger partial charge in [-0.2, -0.15) is 0 Å². The van der Waals surface area contributed by atoms with Gasteiger partial charge in [-0.05, 0) is 31.0 Å². The Morgan fingerprint density at radius 1 is 1.30 bits per heavy atom. The third kappa shape index (κ3) is 1.98. The number of fused-ring (bicyclic) bond motifs is 1. The highest BCUT2D eigenvalue weighted by atomic mass is 35.5. The lowest BCUT2D eigenvalue weighted by Gasteiger charge is -2.24. The van der Waals surface area contributed by atoms with Crippen molar-refractivity contribution in [2.75, 3.05) is 4.31 Å². The number of para-hydroxylation sites is 1. The molecule has 0 fully saturated rings. The molecule has 104 valence electrons. The van der Waals surface area contributed by atoms with Gasteiger partial charge < -0.3 is 0 Å². The lowest BCUT2D eigenvalue weighted by atomic mass is 10.1. The maximum absolute atomic E-state index is 12.8. The van der Waals surface area contributed by atoms with Crippen molar-refractivity contribution < 1.29 is 8.42 Å². The summed E-state index contributed by atoms with van der Waals surface area (Å²) >= 11 is 6.02. The van der Waals surface area contributed by atoms with E-state index in [2.05, 4.69) is 4.98 Å². The van der Waals surface area contributed by atoms with Crippen LogP contribution in [-0.2, 0) is 16.4 Å². The molecule has 20 heavy (non-hydrogen) atoms. The highest BCUT2D eigenvalue weighted by Gasteiger charge is 2.36. The van der Waals surface area contributed by atoms with Crippen molar-refractivity contribution in [3.63, 3.8) is 0 Å². The van der Waals surface area contributed by atoms with Crippen LogP contribution >= 0.6 is 11.6 Å². The average molecular weight is 309 g/mol. The molecule has 0 spiro atoms. The van der Waals surface area contributed by atoms with E-state index < -0.39 is 10.0 Å². The van der Waals surface area contributed by atoms with Gasteiger partial charge in [-0.1, -0.05) is 29.8 Å². The van der Waals surface area contributed by atoms with Gasteiger partial charge in [-0.3, -0.25) is 9.29 Å². The normalized spacial score (nSPS) is 18.1. The Labute approximate surface area is 123 Å². The van der Waals surface area contributed by atoms with Crippen LogP contribution in [0.1, 0.15) is 12.5 Å². The fraction of sp³-hybridized carbons (Fsp3) is 0.214. The third-order valence-corrected chi connectivity index (χ3v) is 5.81. The van der Waals surface area contributed by atoms with Crippen molar-refractivity contribution in [2.24, 2.45) is 0 Å². The zero-order valence-corrected chi connectivity index (χ0v) is 12.4. The Morgan fingerprint density at radius 2 is 2.05 bits per heavy atom. The summed E-state index contributed by atoms with van der Waals surface area (Å²) in [6, 6.07) is 8.88. The van der Waals surface area contributed by atoms with E-state index in [4.69, 9.17) is 11.6 Å². The fourth-order valence-electron chi connectivity index (χ4n) is 2.56. The fourth-order valence-corrected chi connectivity index (χ4v) is 4.67. The molecule has 2 aromatic rings. The molecule has 0 amide bonds. The highest BCUT2D eigenvalue weighted by molar-refractivity contribution is 7.93. The first-order valence-corrected chi connectivity index (χ1v) is 8.05. The molecule has 0 saturated heterocycles. The van der Waals surface area contributed by atoms with Crippen molar-refractivity contribution in [3.05, 3.63) is 53.3 Å². The van der Waals surface area contributed by atoms with Crippen LogP contribution in [0.15, 0.2) is 47.6 Å². The van der Waals surface area contributed by atoms with Crippen LogP contribution in [0.5, 0.6) is 0 Å². The van der Waals surface area contributed by atoms with E-state index >= 15 is 0 Å². The number of sulfonamides is 1. The first kappa shape index (κ1) is 13.4. The monoisotopic (exact) mass is 308 g/mol. The van der Waals surface area contributed by atoms with Crippen molar-refractivity contribution in [1.29, 1.82) is 0 Å². The van der Waals surface area contributed by atoms with Crippen LogP contribution in [0.4, 0.5) is 5.69 Å². The Morgan fingerprint density at radius 3 is 2.80 bits per heavy atom. The molecule has 0 N–H and O–H groups in total. The molecule has 1 atom stereocenters. The van der Waals surface area contributed by atoms with Crippen LogP contribution in [-0.4, -0.2) is 19.4 Å². The van der Waals surface area contributed by atoms with Crippen molar-refractivity contribution in [3.8, 4) is 0 Å². The van der Waals surface area contributed by atoms with Gasteiger partial charge in [0.05, 0.1) is 10.7 Å². The summed E-state index contributed by atoms with van der Waals surface area (Å²) in [5.41, 5.74) is 1.75. The number of nitrogens with zero attached hydrogens (tertiary/aromatic N) is 2. The highest BCUT2D eigenvalue weighted by Crippen LogP contribution is 2.37. The molecular weight excluding hydrogens is 296 g/mol. The molecule has 0 aliphatic carbocycles. The van der Waals surface area contributed by atoms with E-state index in [0.29, 0.717) is 6.42 Å². The van der Waals surface area contributed by atoms with Crippen LogP contribution < -0.4 is 4.31 Å². The van der Waals surface area contributed by atoms with Crippen LogP contribution in [0.25, 0.3) is 0 Å². The first-order chi connectivity index (χ1) is 9.51. The van der Waals surface area contributed by atoms with E-state index in [1.165, 1.54) is 22.8 Å². The molecule has 0 radical (unpaired) electrons. The number of anilines is 1. The molecule has 3 rings (SSSR count). The van der Waals surface area contributed by atoms with Gasteiger partial charge in [0, 0.05) is 18.4 Å². The minimum Gasteiger partial charge on any atom is -0.263 e. The molecule has 1 aliphatic rings. The van der Waals surface area contributed by atoms with Crippen LogP contribution in [0.3, 0.4) is 0 Å². The van der Waals surface area contributed by atoms with E-state index in [1.54, 1.807) is 0 Å². The van der Waals surface area contributed by atoms with Gasteiger partial charge >= 0.3 is 0 Å². The number of pyridine rings is 1. The number of aromatic nitrogens is 1. The quantitative estimate of drug-likeness (QED) is 0.857. The molecule has 1 aromatic carbocycles. The zero-order valence-electron chi connectivity index (χ0n) is 10.8. The second-order valence-electron chi connectivity index (χ2n) is 4.79. The summed E-state index contributed by atoms with van der Waals surface area (Å²) in [6.07, 6.45) is 3.47. The molecule has 0 saturated carbocycles. The van der Waals surface area contributed by atoms with Gasteiger partial charge in [0.1, 0.15) is 4.90 Å². The average Bonchev–Trinajstić information content (AvgIpc) is 2.75. The lowest BCUT2D eigenvalue weighted by Crippen LogP contribution is -2.35. The molecule has 1 aromatic heterocycles. The number of hydrogen-bond acceptors (Lipinski definition) is 3. The third-order valence-electron chi connectivity index (χ3n) is 3.42. The number of hydrogen-bond donors (Lipinski definition) is 0. The van der Waals surface area contributed by atoms with E-state index in [9.17, 15) is 8.42 Å². The summed E-state index contributed by atoms with van der Waals surface area (Å²) in [6.45, 7) is 1.89. The summed E-state index contributed by atoms with van der Waals surface area (Å²) in [5, 5.41) is 0.191. The van der Waals surface area contributed by atoms with Gasteiger partial charge in [-0.15, -0.1) is 0 Å². The second kappa shape index (κ2) is 4.75. The summed E-state index contributed by atoms with van der Waals surface area (Å²) < 4.78 is 27.1. The summed E-state index contributed by atoms with van der Waals surface area (Å²) in [7, 11) is -3.69. The maximum Gasteiger partial charge on any atom is 0.267 e. The lowest BCUT2D eigenvalue weighted by molar-refractivity contribution is 0.584. The van der Waals surface area contributed by atoms with Crippen LogP contribution in [0.2, 0.25) is 5.02 Å². The second-order valence-corrected chi connectivity index (χ2v) is 6.98. The largest absolute Gasteiger partial charge is 0.267 e.